The van der Waals surface area contributed by atoms with Gasteiger partial charge in [0, 0.05) is 13.1 Å². The molecule has 1 fully saturated rings. The average Bonchev–Trinajstić information content (AvgIpc) is 2.44. The fourth-order valence-electron chi connectivity index (χ4n) is 2.62. The van der Waals surface area contributed by atoms with Crippen molar-refractivity contribution < 1.29 is 14.6 Å². The molecule has 1 saturated heterocycles. The van der Waals surface area contributed by atoms with Crippen molar-refractivity contribution in [3.63, 3.8) is 0 Å². The molecule has 0 bridgehead atoms. The second kappa shape index (κ2) is 6.48. The molecule has 0 radical (unpaired) electrons. The topological polar surface area (TPSA) is 49.8 Å². The number of likely N-dealkylation sites (tertiary alicyclic amines) is 1. The zero-order chi connectivity index (χ0) is 15.5. The number of carbonyl (C=O) groups is 1. The summed E-state index contributed by atoms with van der Waals surface area (Å²) >= 11 is 0. The fraction of sp³-hybridized carbons (Fsp3) is 0.588. The van der Waals surface area contributed by atoms with E-state index < -0.39 is 5.60 Å². The van der Waals surface area contributed by atoms with Crippen molar-refractivity contribution in [3.8, 4) is 5.75 Å². The molecule has 0 aliphatic carbocycles. The second-order valence-electron chi connectivity index (χ2n) is 6.43. The Kier molecular flexibility index (Phi) is 4.88. The van der Waals surface area contributed by atoms with Gasteiger partial charge in [0.05, 0.1) is 5.60 Å². The first-order chi connectivity index (χ1) is 9.87. The minimum atomic E-state index is -0.771. The number of piperidine rings is 1. The van der Waals surface area contributed by atoms with Gasteiger partial charge in [-0.05, 0) is 43.4 Å². The van der Waals surface area contributed by atoms with Crippen LogP contribution in [0.5, 0.6) is 5.75 Å². The Hall–Kier alpha value is -1.55. The third-order valence-corrected chi connectivity index (χ3v) is 3.94. The van der Waals surface area contributed by atoms with Crippen LogP contribution in [-0.2, 0) is 4.79 Å². The van der Waals surface area contributed by atoms with Gasteiger partial charge in [0.1, 0.15) is 5.75 Å². The molecular weight excluding hydrogens is 266 g/mol. The van der Waals surface area contributed by atoms with E-state index in [-0.39, 0.29) is 12.5 Å². The Bertz CT molecular complexity index is 479. The van der Waals surface area contributed by atoms with E-state index in [1.807, 2.05) is 24.3 Å². The van der Waals surface area contributed by atoms with Gasteiger partial charge < -0.3 is 14.7 Å². The van der Waals surface area contributed by atoms with Crippen LogP contribution in [0.3, 0.4) is 0 Å². The lowest BCUT2D eigenvalue weighted by Crippen LogP contribution is -2.49. The second-order valence-corrected chi connectivity index (χ2v) is 6.43. The fourth-order valence-corrected chi connectivity index (χ4v) is 2.62. The number of benzene rings is 1. The molecule has 4 heteroatoms. The Balaban J connectivity index is 1.86. The quantitative estimate of drug-likeness (QED) is 0.927. The van der Waals surface area contributed by atoms with Crippen LogP contribution in [0.1, 0.15) is 45.1 Å². The van der Waals surface area contributed by atoms with Crippen molar-refractivity contribution in [2.75, 3.05) is 19.7 Å². The van der Waals surface area contributed by atoms with Gasteiger partial charge in [0.2, 0.25) is 0 Å². The number of carbonyl (C=O) groups excluding carboxylic acids is 1. The number of rotatable bonds is 4. The van der Waals surface area contributed by atoms with E-state index in [1.54, 1.807) is 11.8 Å². The highest BCUT2D eigenvalue weighted by molar-refractivity contribution is 5.78. The molecule has 0 saturated carbocycles. The Labute approximate surface area is 126 Å². The Morgan fingerprint density at radius 1 is 1.38 bits per heavy atom. The van der Waals surface area contributed by atoms with E-state index in [9.17, 15) is 9.90 Å². The van der Waals surface area contributed by atoms with Gasteiger partial charge in [0.25, 0.3) is 5.91 Å². The first-order valence-corrected chi connectivity index (χ1v) is 7.60. The molecule has 0 aromatic heterocycles. The van der Waals surface area contributed by atoms with Crippen LogP contribution in [0, 0.1) is 0 Å². The van der Waals surface area contributed by atoms with Crippen LogP contribution in [0.4, 0.5) is 0 Å². The van der Waals surface area contributed by atoms with E-state index in [1.165, 1.54) is 5.56 Å². The molecule has 1 aromatic carbocycles. The summed E-state index contributed by atoms with van der Waals surface area (Å²) in [6.07, 6.45) is 1.58. The highest BCUT2D eigenvalue weighted by Crippen LogP contribution is 2.21. The van der Waals surface area contributed by atoms with Gasteiger partial charge >= 0.3 is 0 Å². The minimum Gasteiger partial charge on any atom is -0.484 e. The van der Waals surface area contributed by atoms with Gasteiger partial charge in [-0.25, -0.2) is 0 Å². The number of amides is 1. The van der Waals surface area contributed by atoms with Crippen molar-refractivity contribution in [2.45, 2.75) is 45.1 Å². The van der Waals surface area contributed by atoms with Crippen LogP contribution >= 0.6 is 0 Å². The summed E-state index contributed by atoms with van der Waals surface area (Å²) in [5.74, 6) is 1.12. The maximum absolute atomic E-state index is 12.1. The SMILES string of the molecule is CC(C)c1ccc(OCC(=O)N2CCCC(C)(O)C2)cc1. The molecule has 0 spiro atoms. The molecule has 1 aliphatic rings. The summed E-state index contributed by atoms with van der Waals surface area (Å²) in [5.41, 5.74) is 0.480. The van der Waals surface area contributed by atoms with Crippen LogP contribution in [0.15, 0.2) is 24.3 Å². The standard InChI is InChI=1S/C17H25NO3/c1-13(2)14-5-7-15(8-6-14)21-11-16(19)18-10-4-9-17(3,20)12-18/h5-8,13,20H,4,9-12H2,1-3H3. The Morgan fingerprint density at radius 2 is 2.05 bits per heavy atom. The predicted molar refractivity (Wildman–Crippen MR) is 82.5 cm³/mol. The summed E-state index contributed by atoms with van der Waals surface area (Å²) in [4.78, 5) is 13.8. The van der Waals surface area contributed by atoms with Crippen molar-refractivity contribution in [1.82, 2.24) is 4.90 Å². The number of ether oxygens (including phenoxy) is 1. The van der Waals surface area contributed by atoms with Crippen LogP contribution in [-0.4, -0.2) is 41.2 Å². The molecule has 2 rings (SSSR count). The predicted octanol–water partition coefficient (Wildman–Crippen LogP) is 2.56. The molecule has 1 N–H and O–H groups in total. The molecule has 21 heavy (non-hydrogen) atoms. The van der Waals surface area contributed by atoms with E-state index in [4.69, 9.17) is 4.74 Å². The lowest BCUT2D eigenvalue weighted by atomic mass is 9.95. The van der Waals surface area contributed by atoms with Crippen molar-refractivity contribution in [3.05, 3.63) is 29.8 Å². The summed E-state index contributed by atoms with van der Waals surface area (Å²) in [5, 5.41) is 10.0. The first-order valence-electron chi connectivity index (χ1n) is 7.60. The largest absolute Gasteiger partial charge is 0.484 e. The minimum absolute atomic E-state index is 0.0249. The normalized spacial score (nSPS) is 22.4. The maximum Gasteiger partial charge on any atom is 0.260 e. The highest BCUT2D eigenvalue weighted by Gasteiger charge is 2.30. The Morgan fingerprint density at radius 3 is 2.62 bits per heavy atom. The van der Waals surface area contributed by atoms with Crippen LogP contribution in [0.2, 0.25) is 0 Å². The summed E-state index contributed by atoms with van der Waals surface area (Å²) in [6, 6.07) is 7.84. The number of β-amino-alcohol motifs (C(OH)–C–C–N with tert-alkyl or cyclic N) is 1. The molecule has 1 unspecified atom stereocenters. The van der Waals surface area contributed by atoms with Crippen molar-refractivity contribution in [2.24, 2.45) is 0 Å². The number of nitrogens with zero attached hydrogens (tertiary/aromatic N) is 1. The monoisotopic (exact) mass is 291 g/mol. The van der Waals surface area contributed by atoms with E-state index in [0.717, 1.165) is 12.8 Å². The third kappa shape index (κ3) is 4.46. The number of aliphatic hydroxyl groups is 1. The van der Waals surface area contributed by atoms with Gasteiger partial charge in [-0.3, -0.25) is 4.79 Å². The lowest BCUT2D eigenvalue weighted by molar-refractivity contribution is -0.139. The highest BCUT2D eigenvalue weighted by atomic mass is 16.5. The van der Waals surface area contributed by atoms with Gasteiger partial charge in [0.15, 0.2) is 6.61 Å². The van der Waals surface area contributed by atoms with Crippen LogP contribution < -0.4 is 4.74 Å². The molecular formula is C17H25NO3. The average molecular weight is 291 g/mol. The smallest absolute Gasteiger partial charge is 0.260 e. The first kappa shape index (κ1) is 15.8. The van der Waals surface area contributed by atoms with Gasteiger partial charge in [-0.2, -0.15) is 0 Å². The molecule has 4 nitrogen and oxygen atoms in total. The summed E-state index contributed by atoms with van der Waals surface area (Å²) in [6.45, 7) is 7.17. The zero-order valence-corrected chi connectivity index (χ0v) is 13.1. The lowest BCUT2D eigenvalue weighted by Gasteiger charge is -2.36. The van der Waals surface area contributed by atoms with E-state index >= 15 is 0 Å². The third-order valence-electron chi connectivity index (χ3n) is 3.94. The number of hydrogen-bond acceptors (Lipinski definition) is 3. The van der Waals surface area contributed by atoms with Crippen LogP contribution in [0.25, 0.3) is 0 Å². The molecule has 1 atom stereocenters. The molecule has 116 valence electrons. The summed E-state index contributed by atoms with van der Waals surface area (Å²) in [7, 11) is 0. The molecule has 1 heterocycles. The van der Waals surface area contributed by atoms with E-state index in [0.29, 0.717) is 24.8 Å². The van der Waals surface area contributed by atoms with Gasteiger partial charge in [-0.1, -0.05) is 26.0 Å². The molecule has 1 aromatic rings. The molecule has 1 amide bonds. The van der Waals surface area contributed by atoms with E-state index in [2.05, 4.69) is 13.8 Å². The van der Waals surface area contributed by atoms with Gasteiger partial charge in [-0.15, -0.1) is 0 Å². The maximum atomic E-state index is 12.1. The zero-order valence-electron chi connectivity index (χ0n) is 13.1. The number of hydrogen-bond donors (Lipinski definition) is 1. The van der Waals surface area contributed by atoms with Crippen molar-refractivity contribution in [1.29, 1.82) is 0 Å². The summed E-state index contributed by atoms with van der Waals surface area (Å²) < 4.78 is 5.55. The molecule has 1 aliphatic heterocycles. The van der Waals surface area contributed by atoms with Crippen molar-refractivity contribution >= 4 is 5.91 Å².